The second-order valence-corrected chi connectivity index (χ2v) is 8.95. The molecule has 1 saturated carbocycles. The fourth-order valence-electron chi connectivity index (χ4n) is 4.31. The van der Waals surface area contributed by atoms with Gasteiger partial charge in [-0.3, -0.25) is 4.68 Å². The number of rotatable bonds is 7. The first kappa shape index (κ1) is 21.1. The van der Waals surface area contributed by atoms with Crippen molar-refractivity contribution < 1.29 is 0 Å². The van der Waals surface area contributed by atoms with Gasteiger partial charge in [0.05, 0.1) is 28.7 Å². The Bertz CT molecular complexity index is 1330. The van der Waals surface area contributed by atoms with E-state index in [9.17, 15) is 0 Å². The number of benzene rings is 1. The van der Waals surface area contributed by atoms with E-state index in [0.717, 1.165) is 58.6 Å². The molecule has 0 saturated heterocycles. The van der Waals surface area contributed by atoms with Gasteiger partial charge in [0.2, 0.25) is 0 Å². The van der Waals surface area contributed by atoms with E-state index in [-0.39, 0.29) is 0 Å². The van der Waals surface area contributed by atoms with E-state index >= 15 is 0 Å². The number of aromatic nitrogens is 6. The molecule has 0 radical (unpaired) electrons. The van der Waals surface area contributed by atoms with Gasteiger partial charge in [-0.25, -0.2) is 14.6 Å². The summed E-state index contributed by atoms with van der Waals surface area (Å²) in [7, 11) is 0. The number of aryl methyl sites for hydroxylation is 3. The lowest BCUT2D eigenvalue weighted by Crippen LogP contribution is -2.09. The molecule has 0 unspecified atom stereocenters. The van der Waals surface area contributed by atoms with Crippen LogP contribution in [0.4, 0.5) is 0 Å². The smallest absolute Gasteiger partial charge is 0.157 e. The van der Waals surface area contributed by atoms with E-state index in [4.69, 9.17) is 10.4 Å². The summed E-state index contributed by atoms with van der Waals surface area (Å²) in [4.78, 5) is 9.01. The minimum absolute atomic E-state index is 0.655. The molecule has 4 aromatic rings. The molecule has 3 heterocycles. The molecular formula is C26H27N7. The van der Waals surface area contributed by atoms with Crippen molar-refractivity contribution in [1.29, 1.82) is 5.26 Å². The molecule has 1 aliphatic carbocycles. The van der Waals surface area contributed by atoms with E-state index in [1.807, 2.05) is 54.9 Å². The molecule has 0 atom stereocenters. The molecule has 5 rings (SSSR count). The van der Waals surface area contributed by atoms with Crippen LogP contribution in [0.3, 0.4) is 0 Å². The Balaban J connectivity index is 1.50. The molecule has 166 valence electrons. The van der Waals surface area contributed by atoms with Crippen LogP contribution >= 0.6 is 0 Å². The molecule has 7 nitrogen and oxygen atoms in total. The average molecular weight is 438 g/mol. The summed E-state index contributed by atoms with van der Waals surface area (Å²) in [6, 6.07) is 13.9. The van der Waals surface area contributed by atoms with E-state index in [0.29, 0.717) is 12.0 Å². The highest BCUT2D eigenvalue weighted by Crippen LogP contribution is 2.34. The second-order valence-electron chi connectivity index (χ2n) is 8.95. The van der Waals surface area contributed by atoms with Gasteiger partial charge in [-0.15, -0.1) is 0 Å². The predicted molar refractivity (Wildman–Crippen MR) is 126 cm³/mol. The van der Waals surface area contributed by atoms with Gasteiger partial charge in [-0.1, -0.05) is 25.0 Å². The van der Waals surface area contributed by atoms with E-state index < -0.39 is 0 Å². The highest BCUT2D eigenvalue weighted by Gasteiger charge is 2.23. The fraction of sp³-hybridized carbons (Fsp3) is 0.346. The van der Waals surface area contributed by atoms with Gasteiger partial charge < -0.3 is 0 Å². The Morgan fingerprint density at radius 2 is 1.82 bits per heavy atom. The first-order valence-electron chi connectivity index (χ1n) is 11.4. The van der Waals surface area contributed by atoms with Crippen LogP contribution in [-0.4, -0.2) is 29.5 Å². The van der Waals surface area contributed by atoms with Crippen molar-refractivity contribution in [2.75, 3.05) is 0 Å². The molecule has 0 N–H and O–H groups in total. The minimum atomic E-state index is 0.655. The minimum Gasteiger partial charge on any atom is -0.268 e. The number of hydrogen-bond acceptors (Lipinski definition) is 5. The summed E-state index contributed by atoms with van der Waals surface area (Å²) in [6.07, 6.45) is 6.10. The molecular weight excluding hydrogens is 410 g/mol. The van der Waals surface area contributed by atoms with E-state index in [1.165, 1.54) is 18.5 Å². The lowest BCUT2D eigenvalue weighted by Gasteiger charge is -2.09. The Labute approximate surface area is 193 Å². The summed E-state index contributed by atoms with van der Waals surface area (Å²) < 4.78 is 4.02. The summed E-state index contributed by atoms with van der Waals surface area (Å²) in [5.41, 5.74) is 7.94. The van der Waals surface area contributed by atoms with Gasteiger partial charge in [0.15, 0.2) is 5.82 Å². The zero-order chi connectivity index (χ0) is 22.9. The first-order chi connectivity index (χ1) is 16.0. The Morgan fingerprint density at radius 3 is 2.48 bits per heavy atom. The standard InChI is InChI=1S/C26H27N7/c1-17-12-18(2)33(30-17)25-14-23(28-16-29-25)13-24-19(3)26(22-8-6-21(15-27)7-9-22)31-32(24)11-10-20-4-5-20/h6-9,12,14,16,20H,4-5,10-11,13H2,1-3H3. The maximum absolute atomic E-state index is 9.13. The normalized spacial score (nSPS) is 13.3. The zero-order valence-electron chi connectivity index (χ0n) is 19.3. The van der Waals surface area contributed by atoms with Crippen LogP contribution in [0.2, 0.25) is 0 Å². The van der Waals surface area contributed by atoms with Gasteiger partial charge in [-0.2, -0.15) is 15.5 Å². The molecule has 0 aliphatic heterocycles. The van der Waals surface area contributed by atoms with Crippen LogP contribution in [0.1, 0.15) is 53.2 Å². The Kier molecular flexibility index (Phi) is 5.51. The third-order valence-corrected chi connectivity index (χ3v) is 6.34. The number of nitriles is 1. The molecule has 7 heteroatoms. The third kappa shape index (κ3) is 4.42. The third-order valence-electron chi connectivity index (χ3n) is 6.34. The van der Waals surface area contributed by atoms with Crippen molar-refractivity contribution in [1.82, 2.24) is 29.5 Å². The maximum atomic E-state index is 9.13. The largest absolute Gasteiger partial charge is 0.268 e. The topological polar surface area (TPSA) is 85.2 Å². The first-order valence-corrected chi connectivity index (χ1v) is 11.4. The van der Waals surface area contributed by atoms with Crippen LogP contribution < -0.4 is 0 Å². The lowest BCUT2D eigenvalue weighted by atomic mass is 10.0. The summed E-state index contributed by atoms with van der Waals surface area (Å²) >= 11 is 0. The molecule has 3 aromatic heterocycles. The van der Waals surface area contributed by atoms with Gasteiger partial charge in [0.25, 0.3) is 0 Å². The second kappa shape index (κ2) is 8.62. The van der Waals surface area contributed by atoms with E-state index in [1.54, 1.807) is 6.33 Å². The quantitative estimate of drug-likeness (QED) is 0.418. The van der Waals surface area contributed by atoms with Crippen molar-refractivity contribution in [3.05, 3.63) is 76.6 Å². The Hall–Kier alpha value is -3.79. The lowest BCUT2D eigenvalue weighted by molar-refractivity contribution is 0.531. The number of nitrogens with zero attached hydrogens (tertiary/aromatic N) is 7. The highest BCUT2D eigenvalue weighted by molar-refractivity contribution is 5.65. The van der Waals surface area contributed by atoms with Gasteiger partial charge in [-0.05, 0) is 56.9 Å². The van der Waals surface area contributed by atoms with Crippen molar-refractivity contribution in [3.8, 4) is 23.1 Å². The number of hydrogen-bond donors (Lipinski definition) is 0. The van der Waals surface area contributed by atoms with Crippen LogP contribution in [0.15, 0.2) is 42.7 Å². The van der Waals surface area contributed by atoms with Crippen LogP contribution in [0.25, 0.3) is 17.1 Å². The summed E-state index contributed by atoms with van der Waals surface area (Å²) in [5, 5.41) is 18.7. The molecule has 0 amide bonds. The molecule has 1 aromatic carbocycles. The van der Waals surface area contributed by atoms with E-state index in [2.05, 4.69) is 32.7 Å². The van der Waals surface area contributed by atoms with Crippen molar-refractivity contribution in [2.45, 2.75) is 53.0 Å². The van der Waals surface area contributed by atoms with Crippen molar-refractivity contribution in [2.24, 2.45) is 5.92 Å². The summed E-state index contributed by atoms with van der Waals surface area (Å²) in [6.45, 7) is 7.06. The molecule has 1 fully saturated rings. The van der Waals surface area contributed by atoms with Crippen LogP contribution in [0.5, 0.6) is 0 Å². The fourth-order valence-corrected chi connectivity index (χ4v) is 4.31. The molecule has 33 heavy (non-hydrogen) atoms. The zero-order valence-corrected chi connectivity index (χ0v) is 19.3. The van der Waals surface area contributed by atoms with Crippen molar-refractivity contribution in [3.63, 3.8) is 0 Å². The highest BCUT2D eigenvalue weighted by atomic mass is 15.3. The van der Waals surface area contributed by atoms with Gasteiger partial charge in [0.1, 0.15) is 6.33 Å². The van der Waals surface area contributed by atoms with Crippen LogP contribution in [0, 0.1) is 38.0 Å². The monoisotopic (exact) mass is 437 g/mol. The average Bonchev–Trinajstić information content (AvgIpc) is 3.52. The SMILES string of the molecule is Cc1cc(C)n(-c2cc(Cc3c(C)c(-c4ccc(C#N)cc4)nn3CCC3CC3)ncn2)n1. The Morgan fingerprint density at radius 1 is 1.03 bits per heavy atom. The van der Waals surface area contributed by atoms with Gasteiger partial charge in [0, 0.05) is 36.0 Å². The molecule has 0 spiro atoms. The van der Waals surface area contributed by atoms with Crippen molar-refractivity contribution >= 4 is 0 Å². The maximum Gasteiger partial charge on any atom is 0.157 e. The van der Waals surface area contributed by atoms with Crippen LogP contribution in [-0.2, 0) is 13.0 Å². The predicted octanol–water partition coefficient (Wildman–Crippen LogP) is 4.71. The van der Waals surface area contributed by atoms with Gasteiger partial charge >= 0.3 is 0 Å². The molecule has 1 aliphatic rings. The summed E-state index contributed by atoms with van der Waals surface area (Å²) in [5.74, 6) is 1.61. The molecule has 0 bridgehead atoms.